The van der Waals surface area contributed by atoms with Crippen LogP contribution in [0.1, 0.15) is 49.6 Å². The zero-order valence-electron chi connectivity index (χ0n) is 12.8. The summed E-state index contributed by atoms with van der Waals surface area (Å²) in [4.78, 5) is 25.8. The van der Waals surface area contributed by atoms with Gasteiger partial charge in [-0.25, -0.2) is 0 Å². The highest BCUT2D eigenvalue weighted by atomic mass is 16.2. The number of amides is 2. The molecule has 2 amide bonds. The number of nitrogens with zero attached hydrogens (tertiary/aromatic N) is 2. The van der Waals surface area contributed by atoms with E-state index in [-0.39, 0.29) is 11.8 Å². The fourth-order valence-electron chi connectivity index (χ4n) is 2.45. The summed E-state index contributed by atoms with van der Waals surface area (Å²) >= 11 is 0. The predicted octanol–water partition coefficient (Wildman–Crippen LogP) is 1.39. The molecule has 0 bridgehead atoms. The Bertz CT molecular complexity index is 516. The Morgan fingerprint density at radius 1 is 1.38 bits per heavy atom. The molecule has 6 heteroatoms. The third kappa shape index (κ3) is 3.77. The molecular weight excluding hydrogens is 268 g/mol. The molecule has 0 atom stereocenters. The lowest BCUT2D eigenvalue weighted by Gasteiger charge is -2.18. The maximum atomic E-state index is 12.2. The number of aromatic nitrogens is 1. The SMILES string of the molecule is CCN(CC)C(=O)CCNC(=O)c1cc(N)cn1C1CC1. The summed E-state index contributed by atoms with van der Waals surface area (Å²) in [6.45, 7) is 5.65. The minimum absolute atomic E-state index is 0.0670. The average molecular weight is 292 g/mol. The van der Waals surface area contributed by atoms with E-state index in [2.05, 4.69) is 5.32 Å². The maximum absolute atomic E-state index is 12.2. The highest BCUT2D eigenvalue weighted by Crippen LogP contribution is 2.37. The molecule has 1 heterocycles. The Hall–Kier alpha value is -1.98. The van der Waals surface area contributed by atoms with Crippen LogP contribution in [-0.2, 0) is 4.79 Å². The third-order valence-corrected chi connectivity index (χ3v) is 3.78. The van der Waals surface area contributed by atoms with E-state index in [1.54, 1.807) is 11.0 Å². The molecule has 1 fully saturated rings. The van der Waals surface area contributed by atoms with Gasteiger partial charge < -0.3 is 20.5 Å². The van der Waals surface area contributed by atoms with Gasteiger partial charge in [0, 0.05) is 38.3 Å². The minimum atomic E-state index is -0.161. The van der Waals surface area contributed by atoms with E-state index in [0.717, 1.165) is 12.8 Å². The van der Waals surface area contributed by atoms with Crippen molar-refractivity contribution >= 4 is 17.5 Å². The fraction of sp³-hybridized carbons (Fsp3) is 0.600. The maximum Gasteiger partial charge on any atom is 0.268 e. The second kappa shape index (κ2) is 6.65. The molecule has 0 saturated heterocycles. The van der Waals surface area contributed by atoms with Crippen molar-refractivity contribution in [2.45, 2.75) is 39.2 Å². The fourth-order valence-corrected chi connectivity index (χ4v) is 2.45. The lowest BCUT2D eigenvalue weighted by Crippen LogP contribution is -2.34. The van der Waals surface area contributed by atoms with Gasteiger partial charge in [0.05, 0.1) is 5.69 Å². The first-order valence-electron chi connectivity index (χ1n) is 7.60. The lowest BCUT2D eigenvalue weighted by atomic mass is 10.3. The molecule has 1 aliphatic carbocycles. The Morgan fingerprint density at radius 3 is 2.62 bits per heavy atom. The van der Waals surface area contributed by atoms with Gasteiger partial charge in [0.2, 0.25) is 5.91 Å². The second-order valence-electron chi connectivity index (χ2n) is 5.37. The molecule has 2 rings (SSSR count). The average Bonchev–Trinajstić information content (AvgIpc) is 3.22. The Kier molecular flexibility index (Phi) is 4.88. The number of hydrogen-bond acceptors (Lipinski definition) is 3. The Labute approximate surface area is 125 Å². The summed E-state index contributed by atoms with van der Waals surface area (Å²) in [5.74, 6) is -0.0941. The number of hydrogen-bond donors (Lipinski definition) is 2. The molecule has 6 nitrogen and oxygen atoms in total. The second-order valence-corrected chi connectivity index (χ2v) is 5.37. The van der Waals surface area contributed by atoms with Crippen LogP contribution in [0.3, 0.4) is 0 Å². The number of carbonyl (C=O) groups is 2. The van der Waals surface area contributed by atoms with Crippen LogP contribution in [-0.4, -0.2) is 40.9 Å². The van der Waals surface area contributed by atoms with Crippen molar-refractivity contribution in [3.63, 3.8) is 0 Å². The first-order valence-corrected chi connectivity index (χ1v) is 7.60. The van der Waals surface area contributed by atoms with Gasteiger partial charge in [-0.1, -0.05) is 0 Å². The highest BCUT2D eigenvalue weighted by molar-refractivity contribution is 5.94. The predicted molar refractivity (Wildman–Crippen MR) is 82.0 cm³/mol. The van der Waals surface area contributed by atoms with Crippen LogP contribution >= 0.6 is 0 Å². The molecule has 21 heavy (non-hydrogen) atoms. The highest BCUT2D eigenvalue weighted by Gasteiger charge is 2.27. The van der Waals surface area contributed by atoms with Crippen LogP contribution in [0.4, 0.5) is 5.69 Å². The molecule has 1 aromatic rings. The Balaban J connectivity index is 1.86. The van der Waals surface area contributed by atoms with Crippen molar-refractivity contribution in [1.29, 1.82) is 0 Å². The van der Waals surface area contributed by atoms with E-state index in [1.165, 1.54) is 0 Å². The Morgan fingerprint density at radius 2 is 2.05 bits per heavy atom. The van der Waals surface area contributed by atoms with Crippen LogP contribution in [0.2, 0.25) is 0 Å². The molecule has 0 aliphatic heterocycles. The topological polar surface area (TPSA) is 80.4 Å². The molecule has 3 N–H and O–H groups in total. The molecule has 0 radical (unpaired) electrons. The third-order valence-electron chi connectivity index (χ3n) is 3.78. The van der Waals surface area contributed by atoms with Crippen LogP contribution < -0.4 is 11.1 Å². The van der Waals surface area contributed by atoms with Gasteiger partial charge in [0.25, 0.3) is 5.91 Å². The first-order chi connectivity index (χ1) is 10.1. The van der Waals surface area contributed by atoms with Crippen LogP contribution in [0.5, 0.6) is 0 Å². The summed E-state index contributed by atoms with van der Waals surface area (Å²) in [5, 5.41) is 2.81. The monoisotopic (exact) mass is 292 g/mol. The van der Waals surface area contributed by atoms with Gasteiger partial charge in [-0.15, -0.1) is 0 Å². The summed E-state index contributed by atoms with van der Waals surface area (Å²) < 4.78 is 1.94. The zero-order valence-corrected chi connectivity index (χ0v) is 12.8. The van der Waals surface area contributed by atoms with Gasteiger partial charge in [0.1, 0.15) is 5.69 Å². The van der Waals surface area contributed by atoms with E-state index in [4.69, 9.17) is 5.73 Å². The van der Waals surface area contributed by atoms with Crippen LogP contribution in [0.25, 0.3) is 0 Å². The van der Waals surface area contributed by atoms with E-state index in [0.29, 0.717) is 43.5 Å². The molecule has 1 aromatic heterocycles. The normalized spacial score (nSPS) is 14.0. The van der Waals surface area contributed by atoms with E-state index < -0.39 is 0 Å². The number of carbonyl (C=O) groups excluding carboxylic acids is 2. The van der Waals surface area contributed by atoms with Crippen molar-refractivity contribution < 1.29 is 9.59 Å². The minimum Gasteiger partial charge on any atom is -0.397 e. The van der Waals surface area contributed by atoms with Gasteiger partial charge in [-0.2, -0.15) is 0 Å². The number of nitrogens with one attached hydrogen (secondary N) is 1. The van der Waals surface area contributed by atoms with Crippen molar-refractivity contribution in [1.82, 2.24) is 14.8 Å². The summed E-state index contributed by atoms with van der Waals surface area (Å²) in [5.41, 5.74) is 6.97. The number of rotatable bonds is 7. The molecule has 0 unspecified atom stereocenters. The number of nitrogen functional groups attached to an aromatic ring is 1. The largest absolute Gasteiger partial charge is 0.397 e. The molecule has 1 aliphatic rings. The number of anilines is 1. The van der Waals surface area contributed by atoms with Crippen molar-refractivity contribution in [2.24, 2.45) is 0 Å². The standard InChI is InChI=1S/C15H24N4O2/c1-3-18(4-2)14(20)7-8-17-15(21)13-9-11(16)10-19(13)12-5-6-12/h9-10,12H,3-8,16H2,1-2H3,(H,17,21). The molecule has 116 valence electrons. The molecule has 0 aromatic carbocycles. The lowest BCUT2D eigenvalue weighted by molar-refractivity contribution is -0.130. The van der Waals surface area contributed by atoms with Gasteiger partial charge >= 0.3 is 0 Å². The summed E-state index contributed by atoms with van der Waals surface area (Å²) in [6, 6.07) is 2.10. The molecule has 1 saturated carbocycles. The quantitative estimate of drug-likeness (QED) is 0.797. The van der Waals surface area contributed by atoms with Gasteiger partial charge in [0.15, 0.2) is 0 Å². The summed E-state index contributed by atoms with van der Waals surface area (Å²) in [6.07, 6.45) is 4.32. The van der Waals surface area contributed by atoms with Gasteiger partial charge in [-0.05, 0) is 32.8 Å². The summed E-state index contributed by atoms with van der Waals surface area (Å²) in [7, 11) is 0. The zero-order chi connectivity index (χ0) is 15.4. The van der Waals surface area contributed by atoms with Crippen molar-refractivity contribution in [3.05, 3.63) is 18.0 Å². The number of nitrogens with two attached hydrogens (primary N) is 1. The van der Waals surface area contributed by atoms with E-state index in [9.17, 15) is 9.59 Å². The van der Waals surface area contributed by atoms with Gasteiger partial charge in [-0.3, -0.25) is 9.59 Å². The first kappa shape index (κ1) is 15.4. The van der Waals surface area contributed by atoms with E-state index >= 15 is 0 Å². The smallest absolute Gasteiger partial charge is 0.268 e. The molecular formula is C15H24N4O2. The van der Waals surface area contributed by atoms with Crippen molar-refractivity contribution in [2.75, 3.05) is 25.4 Å². The van der Waals surface area contributed by atoms with Crippen LogP contribution in [0, 0.1) is 0 Å². The van der Waals surface area contributed by atoms with E-state index in [1.807, 2.05) is 24.6 Å². The molecule has 0 spiro atoms. The van der Waals surface area contributed by atoms with Crippen molar-refractivity contribution in [3.8, 4) is 0 Å². The van der Waals surface area contributed by atoms with Crippen LogP contribution in [0.15, 0.2) is 12.3 Å².